The van der Waals surface area contributed by atoms with Crippen LogP contribution in [0.15, 0.2) is 41.8 Å². The number of thiophene rings is 1. The summed E-state index contributed by atoms with van der Waals surface area (Å²) in [6, 6.07) is 12.7. The van der Waals surface area contributed by atoms with Gasteiger partial charge in [0, 0.05) is 11.4 Å². The first-order valence-electron chi connectivity index (χ1n) is 7.83. The van der Waals surface area contributed by atoms with E-state index in [4.69, 9.17) is 4.74 Å². The van der Waals surface area contributed by atoms with Crippen molar-refractivity contribution in [2.45, 2.75) is 45.8 Å². The average molecular weight is 303 g/mol. The van der Waals surface area contributed by atoms with Gasteiger partial charge in [-0.2, -0.15) is 0 Å². The van der Waals surface area contributed by atoms with Crippen LogP contribution in [0.1, 0.15) is 49.7 Å². The zero-order chi connectivity index (χ0) is 14.9. The number of hydrogen-bond donors (Lipinski definition) is 1. The molecule has 21 heavy (non-hydrogen) atoms. The van der Waals surface area contributed by atoms with Crippen molar-refractivity contribution < 1.29 is 4.74 Å². The Kier molecular flexibility index (Phi) is 6.77. The Hall–Kier alpha value is -1.32. The predicted octanol–water partition coefficient (Wildman–Crippen LogP) is 5.17. The summed E-state index contributed by atoms with van der Waals surface area (Å²) in [7, 11) is 0. The molecule has 3 heteroatoms. The van der Waals surface area contributed by atoms with Gasteiger partial charge in [0.05, 0.1) is 0 Å². The van der Waals surface area contributed by atoms with Crippen molar-refractivity contribution in [1.29, 1.82) is 0 Å². The van der Waals surface area contributed by atoms with Gasteiger partial charge in [0.2, 0.25) is 0 Å². The molecule has 0 saturated heterocycles. The molecule has 0 amide bonds. The summed E-state index contributed by atoms with van der Waals surface area (Å²) in [4.78, 5) is 1.32. The minimum absolute atomic E-state index is 0.180. The van der Waals surface area contributed by atoms with Crippen LogP contribution in [0.2, 0.25) is 0 Å². The Bertz CT molecular complexity index is 510. The molecule has 1 N–H and O–H groups in total. The zero-order valence-corrected chi connectivity index (χ0v) is 13.8. The summed E-state index contributed by atoms with van der Waals surface area (Å²) in [6.07, 6.45) is 3.65. The van der Waals surface area contributed by atoms with E-state index in [9.17, 15) is 0 Å². The van der Waals surface area contributed by atoms with Crippen LogP contribution in [0.4, 0.5) is 0 Å². The molecule has 0 aliphatic carbocycles. The van der Waals surface area contributed by atoms with Gasteiger partial charge >= 0.3 is 0 Å². The fraction of sp³-hybridized carbons (Fsp3) is 0.444. The van der Waals surface area contributed by atoms with Gasteiger partial charge in [0.15, 0.2) is 0 Å². The highest BCUT2D eigenvalue weighted by Gasteiger charge is 2.14. The molecule has 2 rings (SSSR count). The second-order valence-corrected chi connectivity index (χ2v) is 6.17. The molecule has 0 radical (unpaired) electrons. The van der Waals surface area contributed by atoms with Gasteiger partial charge in [0.1, 0.15) is 11.9 Å². The van der Waals surface area contributed by atoms with Crippen LogP contribution < -0.4 is 10.1 Å². The Labute approximate surface area is 132 Å². The predicted molar refractivity (Wildman–Crippen MR) is 91.0 cm³/mol. The van der Waals surface area contributed by atoms with E-state index >= 15 is 0 Å². The molecule has 0 bridgehead atoms. The van der Waals surface area contributed by atoms with Crippen molar-refractivity contribution in [3.05, 3.63) is 52.2 Å². The molecule has 114 valence electrons. The molecule has 0 saturated carbocycles. The molecule has 1 aromatic heterocycles. The summed E-state index contributed by atoms with van der Waals surface area (Å²) in [6.45, 7) is 6.23. The van der Waals surface area contributed by atoms with Gasteiger partial charge in [-0.1, -0.05) is 38.5 Å². The normalized spacial score (nSPS) is 12.3. The van der Waals surface area contributed by atoms with E-state index in [1.807, 2.05) is 0 Å². The van der Waals surface area contributed by atoms with Crippen LogP contribution in [0.25, 0.3) is 0 Å². The van der Waals surface area contributed by atoms with Crippen molar-refractivity contribution in [1.82, 2.24) is 5.32 Å². The molecule has 0 fully saturated rings. The number of unbranched alkanes of at least 4 members (excludes halogenated alkanes) is 1. The van der Waals surface area contributed by atoms with E-state index in [0.29, 0.717) is 0 Å². The summed E-state index contributed by atoms with van der Waals surface area (Å²) < 4.78 is 6.26. The zero-order valence-electron chi connectivity index (χ0n) is 13.0. The minimum atomic E-state index is 0.180. The topological polar surface area (TPSA) is 21.3 Å². The number of nitrogens with one attached hydrogen (secondary N) is 1. The fourth-order valence-electron chi connectivity index (χ4n) is 2.29. The van der Waals surface area contributed by atoms with Crippen LogP contribution >= 0.6 is 11.3 Å². The highest BCUT2D eigenvalue weighted by atomic mass is 32.1. The van der Waals surface area contributed by atoms with Gasteiger partial charge < -0.3 is 10.1 Å². The lowest BCUT2D eigenvalue weighted by Crippen LogP contribution is -2.12. The van der Waals surface area contributed by atoms with Crippen LogP contribution in [0, 0.1) is 0 Å². The van der Waals surface area contributed by atoms with E-state index in [1.54, 1.807) is 11.3 Å². The summed E-state index contributed by atoms with van der Waals surface area (Å²) in [5, 5.41) is 5.48. The van der Waals surface area contributed by atoms with Crippen LogP contribution in [-0.2, 0) is 6.54 Å². The largest absolute Gasteiger partial charge is 0.485 e. The van der Waals surface area contributed by atoms with Gasteiger partial charge in [-0.15, -0.1) is 11.3 Å². The summed E-state index contributed by atoms with van der Waals surface area (Å²) in [5.41, 5.74) is 1.27. The van der Waals surface area contributed by atoms with E-state index in [2.05, 4.69) is 60.9 Å². The first kappa shape index (κ1) is 16.1. The molecule has 1 heterocycles. The number of rotatable bonds is 9. The van der Waals surface area contributed by atoms with E-state index in [-0.39, 0.29) is 6.10 Å². The monoisotopic (exact) mass is 303 g/mol. The second-order valence-electron chi connectivity index (χ2n) is 5.19. The molecular formula is C18H25NOS. The first-order chi connectivity index (χ1) is 10.3. The van der Waals surface area contributed by atoms with Gasteiger partial charge in [-0.3, -0.25) is 0 Å². The third-order valence-corrected chi connectivity index (χ3v) is 4.40. The molecular weight excluding hydrogens is 278 g/mol. The van der Waals surface area contributed by atoms with Crippen LogP contribution in [0.3, 0.4) is 0 Å². The van der Waals surface area contributed by atoms with E-state index in [0.717, 1.165) is 25.3 Å². The smallest absolute Gasteiger partial charge is 0.133 e. The first-order valence-corrected chi connectivity index (χ1v) is 8.71. The third-order valence-electron chi connectivity index (χ3n) is 3.44. The molecule has 1 atom stereocenters. The van der Waals surface area contributed by atoms with Crippen molar-refractivity contribution in [3.8, 4) is 5.75 Å². The average Bonchev–Trinajstić information content (AvgIpc) is 3.04. The Morgan fingerprint density at radius 1 is 1.19 bits per heavy atom. The maximum absolute atomic E-state index is 6.26. The van der Waals surface area contributed by atoms with Crippen molar-refractivity contribution in [2.75, 3.05) is 6.54 Å². The van der Waals surface area contributed by atoms with Crippen molar-refractivity contribution in [3.63, 3.8) is 0 Å². The molecule has 0 aliphatic rings. The maximum atomic E-state index is 6.26. The van der Waals surface area contributed by atoms with Crippen molar-refractivity contribution >= 4 is 11.3 Å². The molecule has 0 aliphatic heterocycles. The maximum Gasteiger partial charge on any atom is 0.133 e. The standard InChI is InChI=1S/C18H25NOS/c1-3-5-10-17(18-11-7-12-21-18)20-16-9-6-8-15(13-16)14-19-4-2/h6-9,11-13,17,19H,3-5,10,14H2,1-2H3. The van der Waals surface area contributed by atoms with E-state index in [1.165, 1.54) is 23.3 Å². The minimum Gasteiger partial charge on any atom is -0.485 e. The fourth-order valence-corrected chi connectivity index (χ4v) is 3.07. The summed E-state index contributed by atoms with van der Waals surface area (Å²) in [5.74, 6) is 0.972. The van der Waals surface area contributed by atoms with Crippen molar-refractivity contribution in [2.24, 2.45) is 0 Å². The van der Waals surface area contributed by atoms with E-state index < -0.39 is 0 Å². The third kappa shape index (κ3) is 5.18. The van der Waals surface area contributed by atoms with Gasteiger partial charge in [-0.05, 0) is 48.5 Å². The lowest BCUT2D eigenvalue weighted by atomic mass is 10.1. The molecule has 1 unspecified atom stereocenters. The highest BCUT2D eigenvalue weighted by Crippen LogP contribution is 2.29. The molecule has 2 aromatic rings. The SMILES string of the molecule is CCCCC(Oc1cccc(CNCC)c1)c1cccs1. The van der Waals surface area contributed by atoms with Crippen LogP contribution in [-0.4, -0.2) is 6.54 Å². The number of hydrogen-bond acceptors (Lipinski definition) is 3. The van der Waals surface area contributed by atoms with Gasteiger partial charge in [-0.25, -0.2) is 0 Å². The highest BCUT2D eigenvalue weighted by molar-refractivity contribution is 7.10. The molecule has 2 nitrogen and oxygen atoms in total. The Balaban J connectivity index is 2.05. The molecule has 0 spiro atoms. The number of benzene rings is 1. The Morgan fingerprint density at radius 2 is 2.10 bits per heavy atom. The molecule has 1 aromatic carbocycles. The lowest BCUT2D eigenvalue weighted by Gasteiger charge is -2.18. The number of ether oxygens (including phenoxy) is 1. The summed E-state index contributed by atoms with van der Waals surface area (Å²) >= 11 is 1.78. The van der Waals surface area contributed by atoms with Crippen LogP contribution in [0.5, 0.6) is 5.75 Å². The second kappa shape index (κ2) is 8.85. The lowest BCUT2D eigenvalue weighted by molar-refractivity contribution is 0.195. The van der Waals surface area contributed by atoms with Gasteiger partial charge in [0.25, 0.3) is 0 Å². The Morgan fingerprint density at radius 3 is 2.81 bits per heavy atom. The quantitative estimate of drug-likeness (QED) is 0.690.